The predicted molar refractivity (Wildman–Crippen MR) is 52.7 cm³/mol. The van der Waals surface area contributed by atoms with Crippen LogP contribution in [0.25, 0.3) is 0 Å². The van der Waals surface area contributed by atoms with Crippen LogP contribution >= 0.6 is 0 Å². The number of aliphatic hydroxyl groups excluding tert-OH is 1. The molecule has 0 aliphatic carbocycles. The molecule has 2 rings (SSSR count). The molecular formula is C10H15I2NO5-2. The Morgan fingerprint density at radius 3 is 2.94 bits per heavy atom. The fraction of sp³-hybridized carbons (Fsp3) is 0.800. The van der Waals surface area contributed by atoms with Gasteiger partial charge < -0.3 is 0 Å². The number of aliphatic hydroxyl groups is 1. The van der Waals surface area contributed by atoms with Crippen LogP contribution < -0.4 is 46.2 Å². The maximum atomic E-state index is 12.3. The number of rotatable bonds is 6. The number of carbonyl (C=O) groups excluding carboxylic acids is 2. The Kier molecular flexibility index (Phi) is 5.06. The molecule has 0 saturated carbocycles. The number of alkyl halides is 3. The van der Waals surface area contributed by atoms with Gasteiger partial charge in [-0.15, -0.1) is 0 Å². The van der Waals surface area contributed by atoms with Crippen molar-refractivity contribution in [1.29, 1.82) is 0 Å². The topological polar surface area (TPSA) is 94.8 Å². The van der Waals surface area contributed by atoms with E-state index in [4.69, 9.17) is 9.47 Å². The summed E-state index contributed by atoms with van der Waals surface area (Å²) in [5.41, 5.74) is 0. The minimum absolute atomic E-state index is 0.00925. The average Bonchev–Trinajstić information content (AvgIpc) is 3.11. The van der Waals surface area contributed by atoms with E-state index in [1.54, 1.807) is 0 Å². The summed E-state index contributed by atoms with van der Waals surface area (Å²) in [5.74, 6) is -0.575. The van der Waals surface area contributed by atoms with Gasteiger partial charge in [0.05, 0.1) is 0 Å². The summed E-state index contributed by atoms with van der Waals surface area (Å²) < 4.78 is 13.1. The first kappa shape index (κ1) is 14.7. The Morgan fingerprint density at radius 2 is 2.50 bits per heavy atom. The van der Waals surface area contributed by atoms with Crippen LogP contribution in [0.2, 0.25) is 0 Å². The molecule has 0 bridgehead atoms. The fourth-order valence-electron chi connectivity index (χ4n) is 1.78. The van der Waals surface area contributed by atoms with Gasteiger partial charge in [0.2, 0.25) is 0 Å². The zero-order chi connectivity index (χ0) is 13.2. The summed E-state index contributed by atoms with van der Waals surface area (Å²) in [6.45, 7) is 0.152. The zero-order valence-corrected chi connectivity index (χ0v) is 14.1. The van der Waals surface area contributed by atoms with E-state index in [2.05, 4.69) is 3.53 Å². The molecule has 0 aromatic heterocycles. The number of cyclic esters (lactones) is 1. The molecule has 106 valence electrons. The molecule has 0 radical (unpaired) electrons. The first-order chi connectivity index (χ1) is 8.62. The first-order valence-corrected chi connectivity index (χ1v) is 11.0. The van der Waals surface area contributed by atoms with E-state index in [-0.39, 0.29) is 57.1 Å². The molecule has 0 spiro atoms. The average molecular weight is 483 g/mol. The summed E-state index contributed by atoms with van der Waals surface area (Å²) in [4.78, 5) is 25.3. The second-order valence-electron chi connectivity index (χ2n) is 4.02. The number of esters is 2. The Morgan fingerprint density at radius 1 is 1.78 bits per heavy atom. The molecule has 3 unspecified atom stereocenters. The zero-order valence-electron chi connectivity index (χ0n) is 9.82. The van der Waals surface area contributed by atoms with E-state index in [0.717, 1.165) is 0 Å². The van der Waals surface area contributed by atoms with E-state index >= 15 is 0 Å². The molecule has 6 nitrogen and oxygen atoms in total. The van der Waals surface area contributed by atoms with E-state index in [1.165, 1.54) is 0 Å². The van der Waals surface area contributed by atoms with E-state index in [0.29, 0.717) is 6.42 Å². The number of halogens is 2. The summed E-state index contributed by atoms with van der Waals surface area (Å²) >= 11 is -0.527. The molecule has 2 fully saturated rings. The van der Waals surface area contributed by atoms with Crippen LogP contribution in [-0.4, -0.2) is 48.8 Å². The van der Waals surface area contributed by atoms with Crippen LogP contribution in [0.15, 0.2) is 0 Å². The third-order valence-corrected chi connectivity index (χ3v) is 9.90. The van der Waals surface area contributed by atoms with Crippen LogP contribution in [0, 0.1) is 0 Å². The molecule has 0 amide bonds. The van der Waals surface area contributed by atoms with Gasteiger partial charge in [0.25, 0.3) is 0 Å². The van der Waals surface area contributed by atoms with Crippen molar-refractivity contribution in [2.75, 3.05) is 18.1 Å². The predicted octanol–water partition coefficient (Wildman–Crippen LogP) is -7.38. The van der Waals surface area contributed by atoms with Gasteiger partial charge in [0.15, 0.2) is 0 Å². The van der Waals surface area contributed by atoms with Gasteiger partial charge in [-0.3, -0.25) is 0 Å². The van der Waals surface area contributed by atoms with Gasteiger partial charge in [0, 0.05) is 0 Å². The monoisotopic (exact) mass is 483 g/mol. The van der Waals surface area contributed by atoms with E-state index < -0.39 is 30.7 Å². The summed E-state index contributed by atoms with van der Waals surface area (Å²) in [7, 11) is 0. The van der Waals surface area contributed by atoms with Crippen LogP contribution in [-0.2, 0) is 19.1 Å². The first-order valence-electron chi connectivity index (χ1n) is 5.48. The second kappa shape index (κ2) is 6.18. The molecule has 0 aromatic carbocycles. The Hall–Kier alpha value is 0.320. The third kappa shape index (κ3) is 3.07. The molecule has 3 atom stereocenters. The van der Waals surface area contributed by atoms with Gasteiger partial charge in [-0.1, -0.05) is 0 Å². The maximum absolute atomic E-state index is 12.3. The number of hydrogen-bond acceptors (Lipinski definition) is 6. The van der Waals surface area contributed by atoms with E-state index in [9.17, 15) is 14.7 Å². The second-order valence-corrected chi connectivity index (χ2v) is 9.52. The van der Waals surface area contributed by atoms with Crippen molar-refractivity contribution >= 4 is 11.9 Å². The van der Waals surface area contributed by atoms with Crippen LogP contribution in [0.5, 0.6) is 0 Å². The summed E-state index contributed by atoms with van der Waals surface area (Å²) in [6, 6.07) is 0. The summed E-state index contributed by atoms with van der Waals surface area (Å²) in [5, 5.41) is 9.18. The normalized spacial score (nSPS) is 30.2. The Labute approximate surface area is 126 Å². The van der Waals surface area contributed by atoms with Gasteiger partial charge >= 0.3 is 127 Å². The molecule has 0 aromatic rings. The van der Waals surface area contributed by atoms with Crippen molar-refractivity contribution in [2.45, 2.75) is 26.4 Å². The van der Waals surface area contributed by atoms with Crippen molar-refractivity contribution in [3.8, 4) is 0 Å². The molecular weight excluding hydrogens is 468 g/mol. The van der Waals surface area contributed by atoms with Crippen LogP contribution in [0.3, 0.4) is 0 Å². The molecule has 2 aliphatic heterocycles. The standard InChI is InChI=1S/C10H15I2NO5/c1-11-10(2-3-14,8-12-13-8)9(16)18-6-4-7(15)17-5-6/h6,8,13-14H,2-5H2,1H3/q-2. The SMILES string of the molecule is C[I-]C(CCO)(C(=O)OC1COC(=O)C1)C1N[I-]1. The number of ether oxygens (including phenoxy) is 2. The van der Waals surface area contributed by atoms with E-state index in [1.807, 2.05) is 4.93 Å². The van der Waals surface area contributed by atoms with Gasteiger partial charge in [0.1, 0.15) is 0 Å². The van der Waals surface area contributed by atoms with Crippen LogP contribution in [0.4, 0.5) is 0 Å². The molecule has 2 saturated heterocycles. The number of carbonyl (C=O) groups is 2. The number of hydrogen-bond donors (Lipinski definition) is 2. The van der Waals surface area contributed by atoms with Crippen LogP contribution in [0.1, 0.15) is 12.8 Å². The molecule has 2 heterocycles. The quantitative estimate of drug-likeness (QED) is 0.0975. The number of nitrogens with one attached hydrogen (secondary N) is 1. The minimum atomic E-state index is -0.521. The van der Waals surface area contributed by atoms with Crippen molar-refractivity contribution in [1.82, 2.24) is 3.53 Å². The van der Waals surface area contributed by atoms with Crippen molar-refractivity contribution in [3.63, 3.8) is 0 Å². The van der Waals surface area contributed by atoms with Crippen molar-refractivity contribution in [2.24, 2.45) is 0 Å². The third-order valence-electron chi connectivity index (χ3n) is 2.87. The van der Waals surface area contributed by atoms with Crippen molar-refractivity contribution in [3.05, 3.63) is 0 Å². The van der Waals surface area contributed by atoms with Crippen molar-refractivity contribution < 1.29 is 66.9 Å². The molecule has 2 N–H and O–H groups in total. The Balaban J connectivity index is 2.01. The molecule has 18 heavy (non-hydrogen) atoms. The van der Waals surface area contributed by atoms with Gasteiger partial charge in [-0.05, 0) is 0 Å². The molecule has 8 heteroatoms. The fourth-order valence-corrected chi connectivity index (χ4v) is 8.57. The molecule has 2 aliphatic rings. The van der Waals surface area contributed by atoms with Gasteiger partial charge in [-0.25, -0.2) is 0 Å². The summed E-state index contributed by atoms with van der Waals surface area (Å²) in [6.07, 6.45) is 0.153. The Bertz CT molecular complexity index is 349. The van der Waals surface area contributed by atoms with Gasteiger partial charge in [-0.2, -0.15) is 0 Å².